The van der Waals surface area contributed by atoms with Crippen LogP contribution in [0.3, 0.4) is 0 Å². The lowest BCUT2D eigenvalue weighted by atomic mass is 9.94. The van der Waals surface area contributed by atoms with Crippen LogP contribution in [0.4, 0.5) is 18.9 Å². The molecule has 1 aromatic carbocycles. The summed E-state index contributed by atoms with van der Waals surface area (Å²) in [6, 6.07) is 6.00. The molecule has 1 N–H and O–H groups in total. The summed E-state index contributed by atoms with van der Waals surface area (Å²) in [6.07, 6.45) is -3.99. The van der Waals surface area contributed by atoms with Gasteiger partial charge in [-0.15, -0.1) is 11.3 Å². The van der Waals surface area contributed by atoms with Crippen molar-refractivity contribution in [3.63, 3.8) is 0 Å². The highest BCUT2D eigenvalue weighted by molar-refractivity contribution is 14.1. The number of anilines is 1. The molecule has 0 aliphatic carbocycles. The number of alkyl halides is 3. The number of hydrogen-bond acceptors (Lipinski definition) is 3. The van der Waals surface area contributed by atoms with E-state index in [-0.39, 0.29) is 0 Å². The summed E-state index contributed by atoms with van der Waals surface area (Å²) in [7, 11) is 2.12. The third-order valence-electron chi connectivity index (χ3n) is 4.60. The standard InChI is InChI=1S/C17H20F3IN2S/c1-10-9-23(2)7-6-13(10)22-14-5-3-4-11-12(8-17(18,19)20)16(21)24-15(11)14/h3-5,10,13,22H,6-9H2,1-2H3. The average Bonchev–Trinajstić information content (AvgIpc) is 2.78. The fourth-order valence-corrected chi connectivity index (χ4v) is 5.55. The van der Waals surface area contributed by atoms with Gasteiger partial charge in [0.2, 0.25) is 0 Å². The Balaban J connectivity index is 1.91. The topological polar surface area (TPSA) is 15.3 Å². The molecule has 1 aliphatic rings. The SMILES string of the molecule is CC1CN(C)CCC1Nc1cccc2c(CC(F)(F)F)c(I)sc12. The van der Waals surface area contributed by atoms with Crippen molar-refractivity contribution in [2.75, 3.05) is 25.5 Å². The van der Waals surface area contributed by atoms with Crippen molar-refractivity contribution in [2.45, 2.75) is 32.0 Å². The Morgan fingerprint density at radius 2 is 2.12 bits per heavy atom. The third kappa shape index (κ3) is 3.99. The number of benzene rings is 1. The first-order chi connectivity index (χ1) is 11.2. The van der Waals surface area contributed by atoms with Gasteiger partial charge >= 0.3 is 6.18 Å². The zero-order valence-electron chi connectivity index (χ0n) is 13.6. The summed E-state index contributed by atoms with van der Waals surface area (Å²) in [6.45, 7) is 4.30. The Bertz CT molecular complexity index is 728. The first-order valence-corrected chi connectivity index (χ1v) is 9.86. The first-order valence-electron chi connectivity index (χ1n) is 7.96. The summed E-state index contributed by atoms with van der Waals surface area (Å²) in [5.41, 5.74) is 1.37. The number of fused-ring (bicyclic) bond motifs is 1. The number of halogens is 4. The molecule has 1 aliphatic heterocycles. The molecule has 2 atom stereocenters. The molecule has 1 saturated heterocycles. The minimum Gasteiger partial charge on any atom is -0.381 e. The van der Waals surface area contributed by atoms with Gasteiger partial charge in [0, 0.05) is 12.6 Å². The molecule has 0 amide bonds. The van der Waals surface area contributed by atoms with E-state index in [1.807, 2.05) is 34.7 Å². The molecule has 0 saturated carbocycles. The smallest absolute Gasteiger partial charge is 0.381 e. The second-order valence-electron chi connectivity index (χ2n) is 6.61. The van der Waals surface area contributed by atoms with Crippen molar-refractivity contribution >= 4 is 49.7 Å². The molecular weight excluding hydrogens is 448 g/mol. The molecule has 0 radical (unpaired) electrons. The normalized spacial score (nSPS) is 22.9. The van der Waals surface area contributed by atoms with Gasteiger partial charge in [0.1, 0.15) is 0 Å². The number of piperidine rings is 1. The minimum atomic E-state index is -4.18. The maximum absolute atomic E-state index is 12.9. The zero-order chi connectivity index (χ0) is 17.5. The van der Waals surface area contributed by atoms with Crippen LogP contribution in [0.15, 0.2) is 18.2 Å². The van der Waals surface area contributed by atoms with E-state index in [9.17, 15) is 13.2 Å². The van der Waals surface area contributed by atoms with Gasteiger partial charge < -0.3 is 10.2 Å². The Labute approximate surface area is 157 Å². The van der Waals surface area contributed by atoms with Gasteiger partial charge in [0.25, 0.3) is 0 Å². The van der Waals surface area contributed by atoms with Crippen molar-refractivity contribution in [1.82, 2.24) is 4.90 Å². The van der Waals surface area contributed by atoms with Crippen molar-refractivity contribution in [1.29, 1.82) is 0 Å². The molecule has 7 heteroatoms. The summed E-state index contributed by atoms with van der Waals surface area (Å²) in [5.74, 6) is 0.507. The number of nitrogens with zero attached hydrogens (tertiary/aromatic N) is 1. The van der Waals surface area contributed by atoms with Gasteiger partial charge in [-0.25, -0.2) is 0 Å². The number of thiophene rings is 1. The molecule has 2 unspecified atom stereocenters. The second-order valence-corrected chi connectivity index (χ2v) is 9.44. The predicted octanol–water partition coefficient (Wildman–Crippen LogP) is 5.36. The van der Waals surface area contributed by atoms with Crippen LogP contribution < -0.4 is 5.32 Å². The van der Waals surface area contributed by atoms with Crippen LogP contribution in [-0.2, 0) is 6.42 Å². The van der Waals surface area contributed by atoms with Gasteiger partial charge in [-0.3, -0.25) is 0 Å². The minimum absolute atomic E-state index is 0.359. The van der Waals surface area contributed by atoms with Crippen LogP contribution >= 0.6 is 33.9 Å². The number of rotatable bonds is 3. The second kappa shape index (κ2) is 6.99. The van der Waals surface area contributed by atoms with E-state index < -0.39 is 12.6 Å². The Morgan fingerprint density at radius 3 is 2.79 bits per heavy atom. The van der Waals surface area contributed by atoms with E-state index in [2.05, 4.69) is 24.2 Å². The van der Waals surface area contributed by atoms with Crippen LogP contribution in [0.2, 0.25) is 0 Å². The molecule has 132 valence electrons. The van der Waals surface area contributed by atoms with Crippen LogP contribution in [0.25, 0.3) is 10.1 Å². The van der Waals surface area contributed by atoms with Crippen molar-refractivity contribution in [3.05, 3.63) is 26.6 Å². The molecule has 0 bridgehead atoms. The van der Waals surface area contributed by atoms with Crippen molar-refractivity contribution in [2.24, 2.45) is 5.92 Å². The van der Waals surface area contributed by atoms with E-state index in [0.717, 1.165) is 38.2 Å². The molecule has 2 nitrogen and oxygen atoms in total. The maximum Gasteiger partial charge on any atom is 0.393 e. The highest BCUT2D eigenvalue weighted by atomic mass is 127. The van der Waals surface area contributed by atoms with Gasteiger partial charge in [-0.05, 0) is 65.5 Å². The van der Waals surface area contributed by atoms with Crippen molar-refractivity contribution < 1.29 is 13.2 Å². The first kappa shape index (κ1) is 18.3. The zero-order valence-corrected chi connectivity index (χ0v) is 16.6. The fourth-order valence-electron chi connectivity index (χ4n) is 3.39. The lowest BCUT2D eigenvalue weighted by Gasteiger charge is -2.35. The van der Waals surface area contributed by atoms with Gasteiger partial charge in [0.05, 0.1) is 19.7 Å². The van der Waals surface area contributed by atoms with Crippen LogP contribution in [0.1, 0.15) is 18.9 Å². The molecule has 1 aromatic heterocycles. The summed E-state index contributed by atoms with van der Waals surface area (Å²) >= 11 is 3.48. The molecule has 24 heavy (non-hydrogen) atoms. The largest absolute Gasteiger partial charge is 0.393 e. The maximum atomic E-state index is 12.9. The third-order valence-corrected chi connectivity index (χ3v) is 6.98. The van der Waals surface area contributed by atoms with Gasteiger partial charge in [0.15, 0.2) is 0 Å². The molecular formula is C17H20F3IN2S. The van der Waals surface area contributed by atoms with Gasteiger partial charge in [-0.2, -0.15) is 13.2 Å². The Morgan fingerprint density at radius 1 is 1.38 bits per heavy atom. The molecule has 3 rings (SSSR count). The monoisotopic (exact) mass is 468 g/mol. The number of nitrogens with one attached hydrogen (secondary N) is 1. The summed E-state index contributed by atoms with van der Waals surface area (Å²) in [5, 5.41) is 4.33. The Hall–Kier alpha value is -0.540. The van der Waals surface area contributed by atoms with Gasteiger partial charge in [-0.1, -0.05) is 19.1 Å². The van der Waals surface area contributed by atoms with Crippen LogP contribution in [0, 0.1) is 8.80 Å². The number of likely N-dealkylation sites (tertiary alicyclic amines) is 1. The molecule has 0 spiro atoms. The Kier molecular flexibility index (Phi) is 5.32. The summed E-state index contributed by atoms with van der Waals surface area (Å²) in [4.78, 5) is 2.32. The van der Waals surface area contributed by atoms with Crippen LogP contribution in [-0.4, -0.2) is 37.3 Å². The predicted molar refractivity (Wildman–Crippen MR) is 103 cm³/mol. The fraction of sp³-hybridized carbons (Fsp3) is 0.529. The van der Waals surface area contributed by atoms with E-state index in [1.54, 1.807) is 6.07 Å². The van der Waals surface area contributed by atoms with Crippen LogP contribution in [0.5, 0.6) is 0 Å². The average molecular weight is 468 g/mol. The highest BCUT2D eigenvalue weighted by Gasteiger charge is 2.31. The van der Waals surface area contributed by atoms with E-state index in [1.165, 1.54) is 11.3 Å². The molecule has 2 aromatic rings. The lowest BCUT2D eigenvalue weighted by Crippen LogP contribution is -2.43. The van der Waals surface area contributed by atoms with E-state index in [4.69, 9.17) is 0 Å². The molecule has 1 fully saturated rings. The summed E-state index contributed by atoms with van der Waals surface area (Å²) < 4.78 is 40.3. The van der Waals surface area contributed by atoms with E-state index >= 15 is 0 Å². The number of hydrogen-bond donors (Lipinski definition) is 1. The lowest BCUT2D eigenvalue weighted by molar-refractivity contribution is -0.127. The van der Waals surface area contributed by atoms with Crippen molar-refractivity contribution in [3.8, 4) is 0 Å². The quantitative estimate of drug-likeness (QED) is 0.611. The highest BCUT2D eigenvalue weighted by Crippen LogP contribution is 2.40. The molecule has 2 heterocycles. The van der Waals surface area contributed by atoms with E-state index in [0.29, 0.717) is 17.5 Å².